The Morgan fingerprint density at radius 2 is 2.03 bits per heavy atom. The van der Waals surface area contributed by atoms with Crippen molar-refractivity contribution < 1.29 is 9.18 Å². The SMILES string of the molecule is C[C@@H]1CN(c2ccc(Cl)c(F)c2)CCN1CC(=O)Nc1ccc2[nH]c(=O)ccc2c1. The third-order valence-electron chi connectivity index (χ3n) is 5.39. The van der Waals surface area contributed by atoms with Gasteiger partial charge in [0, 0.05) is 54.0 Å². The number of nitrogens with zero attached hydrogens (tertiary/aromatic N) is 2. The second-order valence-corrected chi connectivity index (χ2v) is 7.94. The minimum absolute atomic E-state index is 0.100. The highest BCUT2D eigenvalue weighted by Crippen LogP contribution is 2.24. The summed E-state index contributed by atoms with van der Waals surface area (Å²) < 4.78 is 13.8. The van der Waals surface area contributed by atoms with Gasteiger partial charge in [-0.2, -0.15) is 0 Å². The molecule has 3 aromatic rings. The van der Waals surface area contributed by atoms with Crippen LogP contribution < -0.4 is 15.8 Å². The second kappa shape index (κ2) is 8.45. The topological polar surface area (TPSA) is 68.4 Å². The molecule has 8 heteroatoms. The Morgan fingerprint density at radius 3 is 2.80 bits per heavy atom. The highest BCUT2D eigenvalue weighted by Gasteiger charge is 2.25. The first-order chi connectivity index (χ1) is 14.4. The second-order valence-electron chi connectivity index (χ2n) is 7.54. The van der Waals surface area contributed by atoms with E-state index in [1.165, 1.54) is 12.1 Å². The lowest BCUT2D eigenvalue weighted by atomic mass is 10.1. The Morgan fingerprint density at radius 1 is 1.20 bits per heavy atom. The van der Waals surface area contributed by atoms with Gasteiger partial charge in [-0.05, 0) is 49.4 Å². The Balaban J connectivity index is 1.36. The van der Waals surface area contributed by atoms with Gasteiger partial charge in [-0.3, -0.25) is 14.5 Å². The van der Waals surface area contributed by atoms with Crippen LogP contribution in [0.15, 0.2) is 53.3 Å². The average Bonchev–Trinajstić information content (AvgIpc) is 2.71. The van der Waals surface area contributed by atoms with E-state index in [4.69, 9.17) is 11.6 Å². The first-order valence-corrected chi connectivity index (χ1v) is 10.1. The number of benzene rings is 2. The van der Waals surface area contributed by atoms with E-state index in [2.05, 4.69) is 27.0 Å². The monoisotopic (exact) mass is 428 g/mol. The number of carbonyl (C=O) groups excluding carboxylic acids is 1. The number of piperazine rings is 1. The molecule has 1 atom stereocenters. The fourth-order valence-corrected chi connectivity index (χ4v) is 3.88. The largest absolute Gasteiger partial charge is 0.369 e. The van der Waals surface area contributed by atoms with Crippen molar-refractivity contribution in [2.24, 2.45) is 0 Å². The van der Waals surface area contributed by atoms with Gasteiger partial charge in [0.1, 0.15) is 5.82 Å². The molecule has 0 saturated carbocycles. The van der Waals surface area contributed by atoms with Crippen LogP contribution in [0.5, 0.6) is 0 Å². The molecular weight excluding hydrogens is 407 g/mol. The lowest BCUT2D eigenvalue weighted by Gasteiger charge is -2.40. The number of amides is 1. The van der Waals surface area contributed by atoms with E-state index in [9.17, 15) is 14.0 Å². The van der Waals surface area contributed by atoms with Gasteiger partial charge in [-0.25, -0.2) is 4.39 Å². The number of rotatable bonds is 4. The molecule has 0 unspecified atom stereocenters. The number of hydrogen-bond acceptors (Lipinski definition) is 4. The molecule has 1 aliphatic heterocycles. The van der Waals surface area contributed by atoms with Crippen LogP contribution >= 0.6 is 11.6 Å². The Bertz CT molecular complexity index is 1150. The number of halogens is 2. The molecule has 0 bridgehead atoms. The van der Waals surface area contributed by atoms with Crippen molar-refractivity contribution in [1.29, 1.82) is 0 Å². The molecule has 0 aliphatic carbocycles. The Labute approximate surface area is 178 Å². The number of aromatic amines is 1. The molecular formula is C22H22ClFN4O2. The molecule has 1 amide bonds. The zero-order chi connectivity index (χ0) is 21.3. The molecule has 1 fully saturated rings. The van der Waals surface area contributed by atoms with Gasteiger partial charge in [-0.1, -0.05) is 11.6 Å². The predicted octanol–water partition coefficient (Wildman–Crippen LogP) is 3.47. The summed E-state index contributed by atoms with van der Waals surface area (Å²) in [6, 6.07) is 13.5. The van der Waals surface area contributed by atoms with E-state index in [0.29, 0.717) is 25.3 Å². The molecule has 0 spiro atoms. The number of hydrogen-bond donors (Lipinski definition) is 2. The molecule has 4 rings (SSSR count). The number of carbonyl (C=O) groups is 1. The standard InChI is InChI=1S/C22H22ClFN4O2/c1-14-12-28(17-4-5-18(23)19(24)11-17)9-8-27(14)13-22(30)25-16-3-6-20-15(10-16)2-7-21(29)26-20/h2-7,10-11,14H,8-9,12-13H2,1H3,(H,25,30)(H,26,29)/t14-/m1/s1. The van der Waals surface area contributed by atoms with Crippen LogP contribution in [-0.4, -0.2) is 48.0 Å². The molecule has 1 aliphatic rings. The number of aromatic nitrogens is 1. The van der Waals surface area contributed by atoms with E-state index in [-0.39, 0.29) is 29.1 Å². The highest BCUT2D eigenvalue weighted by atomic mass is 35.5. The van der Waals surface area contributed by atoms with E-state index in [0.717, 1.165) is 16.6 Å². The molecule has 2 aromatic carbocycles. The lowest BCUT2D eigenvalue weighted by Crippen LogP contribution is -2.53. The minimum atomic E-state index is -0.428. The van der Waals surface area contributed by atoms with Crippen molar-refractivity contribution in [3.05, 3.63) is 69.7 Å². The van der Waals surface area contributed by atoms with Crippen LogP contribution in [-0.2, 0) is 4.79 Å². The van der Waals surface area contributed by atoms with Gasteiger partial charge in [0.05, 0.1) is 11.6 Å². The third kappa shape index (κ3) is 4.47. The van der Waals surface area contributed by atoms with Gasteiger partial charge >= 0.3 is 0 Å². The summed E-state index contributed by atoms with van der Waals surface area (Å²) in [5.41, 5.74) is 2.04. The molecule has 2 heterocycles. The van der Waals surface area contributed by atoms with Crippen LogP contribution in [0.25, 0.3) is 10.9 Å². The van der Waals surface area contributed by atoms with Crippen LogP contribution in [0.1, 0.15) is 6.92 Å². The molecule has 1 aromatic heterocycles. The summed E-state index contributed by atoms with van der Waals surface area (Å²) in [4.78, 5) is 30.9. The van der Waals surface area contributed by atoms with Crippen LogP contribution in [0.2, 0.25) is 5.02 Å². The lowest BCUT2D eigenvalue weighted by molar-refractivity contribution is -0.117. The number of nitrogens with one attached hydrogen (secondary N) is 2. The Hall–Kier alpha value is -2.90. The van der Waals surface area contributed by atoms with Gasteiger partial charge < -0.3 is 15.2 Å². The third-order valence-corrected chi connectivity index (χ3v) is 5.69. The quantitative estimate of drug-likeness (QED) is 0.667. The average molecular weight is 429 g/mol. The van der Waals surface area contributed by atoms with Crippen molar-refractivity contribution in [1.82, 2.24) is 9.88 Å². The highest BCUT2D eigenvalue weighted by molar-refractivity contribution is 6.30. The van der Waals surface area contributed by atoms with Crippen LogP contribution in [0, 0.1) is 5.82 Å². The number of H-pyrrole nitrogens is 1. The maximum atomic E-state index is 13.8. The summed E-state index contributed by atoms with van der Waals surface area (Å²) in [5, 5.41) is 3.89. The first-order valence-electron chi connectivity index (χ1n) is 9.76. The molecule has 0 radical (unpaired) electrons. The van der Waals surface area contributed by atoms with Gasteiger partial charge in [0.15, 0.2) is 0 Å². The summed E-state index contributed by atoms with van der Waals surface area (Å²) in [6.45, 7) is 4.41. The fraction of sp³-hybridized carbons (Fsp3) is 0.273. The van der Waals surface area contributed by atoms with E-state index in [1.807, 2.05) is 12.1 Å². The van der Waals surface area contributed by atoms with Gasteiger partial charge in [0.2, 0.25) is 11.5 Å². The maximum Gasteiger partial charge on any atom is 0.248 e. The summed E-state index contributed by atoms with van der Waals surface area (Å²) in [6.07, 6.45) is 0. The van der Waals surface area contributed by atoms with Gasteiger partial charge in [0.25, 0.3) is 0 Å². The maximum absolute atomic E-state index is 13.8. The molecule has 30 heavy (non-hydrogen) atoms. The first kappa shape index (κ1) is 20.4. The predicted molar refractivity (Wildman–Crippen MR) is 118 cm³/mol. The number of anilines is 2. The van der Waals surface area contributed by atoms with Crippen molar-refractivity contribution in [2.75, 3.05) is 36.4 Å². The van der Waals surface area contributed by atoms with Crippen molar-refractivity contribution in [3.63, 3.8) is 0 Å². The van der Waals surface area contributed by atoms with Crippen molar-refractivity contribution in [2.45, 2.75) is 13.0 Å². The van der Waals surface area contributed by atoms with E-state index < -0.39 is 5.82 Å². The van der Waals surface area contributed by atoms with E-state index in [1.54, 1.807) is 24.3 Å². The fourth-order valence-electron chi connectivity index (χ4n) is 3.76. The summed E-state index contributed by atoms with van der Waals surface area (Å²) in [5.74, 6) is -0.528. The van der Waals surface area contributed by atoms with Crippen LogP contribution in [0.4, 0.5) is 15.8 Å². The number of pyridine rings is 1. The van der Waals surface area contributed by atoms with Gasteiger partial charge in [-0.15, -0.1) is 0 Å². The Kier molecular flexibility index (Phi) is 5.74. The smallest absolute Gasteiger partial charge is 0.248 e. The van der Waals surface area contributed by atoms with Crippen molar-refractivity contribution in [3.8, 4) is 0 Å². The zero-order valence-electron chi connectivity index (χ0n) is 16.5. The molecule has 2 N–H and O–H groups in total. The van der Waals surface area contributed by atoms with E-state index >= 15 is 0 Å². The normalized spacial score (nSPS) is 17.3. The zero-order valence-corrected chi connectivity index (χ0v) is 17.2. The molecule has 1 saturated heterocycles. The summed E-state index contributed by atoms with van der Waals surface area (Å²) in [7, 11) is 0. The number of fused-ring (bicyclic) bond motifs is 1. The molecule has 6 nitrogen and oxygen atoms in total. The summed E-state index contributed by atoms with van der Waals surface area (Å²) >= 11 is 5.77. The molecule has 156 valence electrons. The minimum Gasteiger partial charge on any atom is -0.369 e. The van der Waals surface area contributed by atoms with Crippen LogP contribution in [0.3, 0.4) is 0 Å². The van der Waals surface area contributed by atoms with Crippen molar-refractivity contribution >= 4 is 39.8 Å².